The van der Waals surface area contributed by atoms with E-state index in [4.69, 9.17) is 15.3 Å². The van der Waals surface area contributed by atoms with Gasteiger partial charge in [0.2, 0.25) is 0 Å². The number of alkyl halides is 1. The fourth-order valence-electron chi connectivity index (χ4n) is 3.93. The fraction of sp³-hybridized carbons (Fsp3) is 0.429. The molecule has 19 heteroatoms. The monoisotopic (exact) mass is 604 g/mol. The summed E-state index contributed by atoms with van der Waals surface area (Å²) in [4.78, 5) is 64.2. The first-order chi connectivity index (χ1) is 18.7. The van der Waals surface area contributed by atoms with Crippen LogP contribution in [0, 0.1) is 0 Å². The SMILES string of the molecule is CCOc1nn(C)c(SC2=C(C(=O)[O-])N3C(=O)[C@@H](NC(=O)/C(=N/OCCF)c4csc(N)n4)[C@H]3CC2)nc1=O.[Na+]. The molecule has 4 rings (SSSR count). The zero-order chi connectivity index (χ0) is 28.3. The maximum atomic E-state index is 13.0. The van der Waals surface area contributed by atoms with Crippen LogP contribution in [0.1, 0.15) is 25.5 Å². The number of rotatable bonds is 11. The Morgan fingerprint density at radius 2 is 2.12 bits per heavy atom. The number of carboxylic acid groups (broad SMARTS) is 1. The van der Waals surface area contributed by atoms with E-state index in [1.807, 2.05) is 0 Å². The first-order valence-electron chi connectivity index (χ1n) is 11.5. The second-order valence-corrected chi connectivity index (χ2v) is 9.97. The number of nitrogens with one attached hydrogen (secondary N) is 1. The van der Waals surface area contributed by atoms with Crippen molar-refractivity contribution in [2.24, 2.45) is 12.2 Å². The topological polar surface area (TPSA) is 207 Å². The summed E-state index contributed by atoms with van der Waals surface area (Å²) < 4.78 is 18.9. The van der Waals surface area contributed by atoms with E-state index >= 15 is 0 Å². The summed E-state index contributed by atoms with van der Waals surface area (Å²) in [5.74, 6) is -3.34. The van der Waals surface area contributed by atoms with Crippen LogP contribution >= 0.6 is 23.1 Å². The molecule has 0 bridgehead atoms. The Kier molecular flexibility index (Phi) is 10.6. The number of ether oxygens (including phenoxy) is 1. The molecule has 3 N–H and O–H groups in total. The molecule has 2 aliphatic heterocycles. The van der Waals surface area contributed by atoms with Crippen LogP contribution in [0.3, 0.4) is 0 Å². The van der Waals surface area contributed by atoms with Gasteiger partial charge in [0.25, 0.3) is 11.8 Å². The molecule has 15 nitrogen and oxygen atoms in total. The van der Waals surface area contributed by atoms with Gasteiger partial charge in [-0.15, -0.1) is 16.4 Å². The molecule has 2 atom stereocenters. The zero-order valence-corrected chi connectivity index (χ0v) is 25.2. The van der Waals surface area contributed by atoms with E-state index in [1.165, 1.54) is 17.1 Å². The number of aromatic nitrogens is 4. The minimum atomic E-state index is -1.61. The van der Waals surface area contributed by atoms with Gasteiger partial charge in [0.05, 0.1) is 24.3 Å². The van der Waals surface area contributed by atoms with Crippen molar-refractivity contribution in [3.63, 3.8) is 0 Å². The molecule has 0 aromatic carbocycles. The number of aryl methyl sites for hydroxylation is 1. The number of anilines is 1. The third-order valence-corrected chi connectivity index (χ3v) is 7.43. The van der Waals surface area contributed by atoms with Crippen molar-refractivity contribution in [1.29, 1.82) is 0 Å². The largest absolute Gasteiger partial charge is 1.00 e. The number of nitrogen functional groups attached to an aromatic ring is 1. The summed E-state index contributed by atoms with van der Waals surface area (Å²) in [7, 11) is 1.51. The Morgan fingerprint density at radius 1 is 1.38 bits per heavy atom. The second kappa shape index (κ2) is 13.5. The molecular weight excluding hydrogens is 582 g/mol. The molecule has 0 aliphatic carbocycles. The van der Waals surface area contributed by atoms with Crippen LogP contribution < -0.4 is 56.0 Å². The van der Waals surface area contributed by atoms with Crippen molar-refractivity contribution >= 4 is 51.7 Å². The smallest absolute Gasteiger partial charge is 0.543 e. The number of fused-ring (bicyclic) bond motifs is 1. The number of hydrogen-bond acceptors (Lipinski definition) is 14. The third kappa shape index (κ3) is 6.46. The van der Waals surface area contributed by atoms with Crippen molar-refractivity contribution in [3.05, 3.63) is 32.0 Å². The van der Waals surface area contributed by atoms with Gasteiger partial charge in [0.1, 0.15) is 25.0 Å². The number of hydrogen-bond donors (Lipinski definition) is 2. The van der Waals surface area contributed by atoms with Gasteiger partial charge >= 0.3 is 41.0 Å². The Morgan fingerprint density at radius 3 is 2.75 bits per heavy atom. The van der Waals surface area contributed by atoms with E-state index in [0.29, 0.717) is 0 Å². The van der Waals surface area contributed by atoms with Crippen LogP contribution in [0.15, 0.2) is 31.1 Å². The molecule has 0 radical (unpaired) electrons. The predicted octanol–water partition coefficient (Wildman–Crippen LogP) is -4.45. The number of oxime groups is 1. The molecule has 1 fully saturated rings. The number of nitrogens with zero attached hydrogens (tertiary/aromatic N) is 6. The molecule has 1 saturated heterocycles. The van der Waals surface area contributed by atoms with E-state index < -0.39 is 48.7 Å². The standard InChI is InChI=1S/C21H23FN8O7S2.Na/c1-3-36-17-16(32)26-21(29(2)27-17)39-11-5-4-10-13(18(33)30(10)14(11)19(34)35)25-15(31)12(28-37-7-6-22)9-8-38-20(23)24-9;/h8,10,13H,3-7H2,1-2H3,(H2,23,24)(H,25,31)(H,34,35);/q;+1/p-1/b28-12+;/t10-,13+;/m1./s1. The average Bonchev–Trinajstić information content (AvgIpc) is 3.33. The number of carbonyl (C=O) groups is 3. The van der Waals surface area contributed by atoms with E-state index in [2.05, 4.69) is 25.5 Å². The van der Waals surface area contributed by atoms with Crippen LogP contribution in [-0.4, -0.2) is 80.1 Å². The maximum absolute atomic E-state index is 13.0. The van der Waals surface area contributed by atoms with Crippen LogP contribution in [-0.2, 0) is 26.3 Å². The molecule has 0 spiro atoms. The quantitative estimate of drug-likeness (QED) is 0.0819. The first-order valence-corrected chi connectivity index (χ1v) is 13.2. The van der Waals surface area contributed by atoms with Gasteiger partial charge in [-0.2, -0.15) is 4.98 Å². The minimum Gasteiger partial charge on any atom is -0.543 e. The van der Waals surface area contributed by atoms with Crippen LogP contribution in [0.5, 0.6) is 5.88 Å². The number of allylic oxidation sites excluding steroid dienone is 1. The Balaban J connectivity index is 0.00000441. The molecule has 2 aromatic heterocycles. The van der Waals surface area contributed by atoms with Crippen molar-refractivity contribution in [3.8, 4) is 5.88 Å². The summed E-state index contributed by atoms with van der Waals surface area (Å²) >= 11 is 1.91. The van der Waals surface area contributed by atoms with Crippen molar-refractivity contribution in [2.45, 2.75) is 37.0 Å². The number of carbonyl (C=O) groups excluding carboxylic acids is 3. The molecule has 4 heterocycles. The summed E-state index contributed by atoms with van der Waals surface area (Å²) in [6.45, 7) is 0.648. The van der Waals surface area contributed by atoms with E-state index in [0.717, 1.165) is 28.0 Å². The van der Waals surface area contributed by atoms with Gasteiger partial charge in [-0.1, -0.05) is 16.9 Å². The van der Waals surface area contributed by atoms with Gasteiger partial charge in [0, 0.05) is 17.3 Å². The molecule has 2 aromatic rings. The molecular formula is C21H22FN8NaO7S2. The predicted molar refractivity (Wildman–Crippen MR) is 133 cm³/mol. The van der Waals surface area contributed by atoms with Gasteiger partial charge in [-0.25, -0.2) is 14.1 Å². The minimum absolute atomic E-state index is 0. The number of aliphatic carboxylic acids is 1. The number of β-lactam (4-membered cyclic amide) rings is 1. The molecule has 40 heavy (non-hydrogen) atoms. The number of nitrogens with two attached hydrogens (primary N) is 1. The number of amides is 2. The van der Waals surface area contributed by atoms with Gasteiger partial charge in [-0.05, 0) is 19.8 Å². The molecule has 208 valence electrons. The molecule has 0 unspecified atom stereocenters. The third-order valence-electron chi connectivity index (χ3n) is 5.57. The van der Waals surface area contributed by atoms with Crippen LogP contribution in [0.2, 0.25) is 0 Å². The molecule has 0 saturated carbocycles. The number of halogens is 1. The first kappa shape index (κ1) is 31.5. The Labute approximate surface area is 256 Å². The average molecular weight is 605 g/mol. The van der Waals surface area contributed by atoms with Gasteiger partial charge < -0.3 is 35.4 Å². The van der Waals surface area contributed by atoms with Crippen molar-refractivity contribution in [2.75, 3.05) is 25.6 Å². The van der Waals surface area contributed by atoms with E-state index in [-0.39, 0.29) is 87.2 Å². The number of thiazole rings is 1. The number of thioether (sulfide) groups is 1. The van der Waals surface area contributed by atoms with Crippen LogP contribution in [0.4, 0.5) is 9.52 Å². The van der Waals surface area contributed by atoms with Gasteiger partial charge in [0.15, 0.2) is 16.0 Å². The van der Waals surface area contributed by atoms with Crippen molar-refractivity contribution in [1.82, 2.24) is 30.0 Å². The van der Waals surface area contributed by atoms with Crippen LogP contribution in [0.25, 0.3) is 0 Å². The summed E-state index contributed by atoms with van der Waals surface area (Å²) in [6, 6.07) is -1.77. The fourth-order valence-corrected chi connectivity index (χ4v) is 5.50. The second-order valence-electron chi connectivity index (χ2n) is 8.02. The number of carboxylic acids is 1. The summed E-state index contributed by atoms with van der Waals surface area (Å²) in [6.07, 6.45) is 0.462. The molecule has 2 amide bonds. The van der Waals surface area contributed by atoms with Crippen molar-refractivity contribution < 1.29 is 63.0 Å². The summed E-state index contributed by atoms with van der Waals surface area (Å²) in [5.41, 5.74) is 4.26. The van der Waals surface area contributed by atoms with E-state index in [9.17, 15) is 28.7 Å². The summed E-state index contributed by atoms with van der Waals surface area (Å²) in [5, 5.41) is 23.9. The Hall–Kier alpha value is -3.06. The molecule has 2 aliphatic rings. The van der Waals surface area contributed by atoms with E-state index in [1.54, 1.807) is 6.92 Å². The zero-order valence-electron chi connectivity index (χ0n) is 21.6. The maximum Gasteiger partial charge on any atom is 1.00 e. The van der Waals surface area contributed by atoms with Gasteiger partial charge in [-0.3, -0.25) is 14.4 Å². The normalized spacial score (nSPS) is 18.4. The Bertz CT molecular complexity index is 1430.